The summed E-state index contributed by atoms with van der Waals surface area (Å²) in [5.41, 5.74) is 1.48. The van der Waals surface area contributed by atoms with Gasteiger partial charge in [0.25, 0.3) is 0 Å². The molecule has 0 aliphatic carbocycles. The van der Waals surface area contributed by atoms with Crippen LogP contribution in [0.5, 0.6) is 0 Å². The maximum absolute atomic E-state index is 13.0. The summed E-state index contributed by atoms with van der Waals surface area (Å²) in [5.74, 6) is -0.127. The Balaban J connectivity index is 2.29. The van der Waals surface area contributed by atoms with E-state index in [9.17, 15) is 9.18 Å². The minimum absolute atomic E-state index is 0.0552. The molecule has 1 aliphatic heterocycles. The topological polar surface area (TPSA) is 41.1 Å². The number of carbonyl (C=O) groups excluding carboxylic acids is 1. The average Bonchev–Trinajstić information content (AvgIpc) is 2.36. The van der Waals surface area contributed by atoms with Gasteiger partial charge in [0.15, 0.2) is 0 Å². The number of nitrogens with one attached hydrogen (secondary N) is 2. The summed E-state index contributed by atoms with van der Waals surface area (Å²) in [4.78, 5) is 11.8. The molecule has 1 unspecified atom stereocenters. The van der Waals surface area contributed by atoms with Gasteiger partial charge in [-0.05, 0) is 29.7 Å². The number of carbonyl (C=O) groups is 1. The number of rotatable bonds is 1. The van der Waals surface area contributed by atoms with Gasteiger partial charge >= 0.3 is 0 Å². The van der Waals surface area contributed by atoms with Crippen LogP contribution in [0.3, 0.4) is 0 Å². The molecule has 0 bridgehead atoms. The third-order valence-electron chi connectivity index (χ3n) is 2.79. The van der Waals surface area contributed by atoms with Crippen molar-refractivity contribution in [1.82, 2.24) is 5.32 Å². The van der Waals surface area contributed by atoms with Crippen molar-refractivity contribution in [2.75, 3.05) is 5.32 Å². The monoisotopic (exact) mass is 222 g/mol. The van der Waals surface area contributed by atoms with Crippen molar-refractivity contribution in [2.24, 2.45) is 5.92 Å². The van der Waals surface area contributed by atoms with Gasteiger partial charge in [-0.15, -0.1) is 0 Å². The first-order chi connectivity index (χ1) is 7.58. The molecular formula is C12H15FN2O. The van der Waals surface area contributed by atoms with Crippen molar-refractivity contribution < 1.29 is 9.18 Å². The van der Waals surface area contributed by atoms with E-state index < -0.39 is 0 Å². The molecule has 0 fully saturated rings. The molecule has 0 aromatic heterocycles. The molecule has 1 aliphatic rings. The van der Waals surface area contributed by atoms with Crippen molar-refractivity contribution in [3.63, 3.8) is 0 Å². The van der Waals surface area contributed by atoms with Gasteiger partial charge in [0.1, 0.15) is 5.82 Å². The maximum Gasteiger partial charge on any atom is 0.241 e. The molecule has 4 heteroatoms. The first-order valence-electron chi connectivity index (χ1n) is 5.40. The number of anilines is 1. The van der Waals surface area contributed by atoms with E-state index in [1.54, 1.807) is 6.07 Å². The van der Waals surface area contributed by atoms with E-state index in [4.69, 9.17) is 0 Å². The molecule has 1 aromatic carbocycles. The third kappa shape index (κ3) is 2.07. The molecule has 0 radical (unpaired) electrons. The van der Waals surface area contributed by atoms with E-state index in [0.29, 0.717) is 12.2 Å². The van der Waals surface area contributed by atoms with Gasteiger partial charge in [-0.3, -0.25) is 4.79 Å². The van der Waals surface area contributed by atoms with Gasteiger partial charge in [0.2, 0.25) is 5.91 Å². The minimum Gasteiger partial charge on any atom is -0.324 e. The van der Waals surface area contributed by atoms with Gasteiger partial charge in [-0.1, -0.05) is 13.8 Å². The Bertz CT molecular complexity index is 417. The molecular weight excluding hydrogens is 207 g/mol. The van der Waals surface area contributed by atoms with Gasteiger partial charge in [0, 0.05) is 12.2 Å². The number of hydrogen-bond donors (Lipinski definition) is 2. The van der Waals surface area contributed by atoms with Crippen LogP contribution in [0.2, 0.25) is 0 Å². The summed E-state index contributed by atoms with van der Waals surface area (Å²) in [6.45, 7) is 4.47. The number of amides is 1. The Kier molecular flexibility index (Phi) is 2.92. The van der Waals surface area contributed by atoms with Gasteiger partial charge in [-0.25, -0.2) is 4.39 Å². The van der Waals surface area contributed by atoms with Crippen LogP contribution in [0, 0.1) is 11.7 Å². The molecule has 3 nitrogen and oxygen atoms in total. The fourth-order valence-electron chi connectivity index (χ4n) is 1.89. The van der Waals surface area contributed by atoms with E-state index in [2.05, 4.69) is 10.6 Å². The highest BCUT2D eigenvalue weighted by atomic mass is 19.1. The van der Waals surface area contributed by atoms with Crippen LogP contribution >= 0.6 is 0 Å². The lowest BCUT2D eigenvalue weighted by Gasteiger charge is -2.17. The SMILES string of the molecule is CC(C)C1NCc2cc(F)ccc2NC1=O. The zero-order chi connectivity index (χ0) is 11.7. The lowest BCUT2D eigenvalue weighted by atomic mass is 10.0. The summed E-state index contributed by atoms with van der Waals surface area (Å²) in [5, 5.41) is 5.95. The van der Waals surface area contributed by atoms with Crippen molar-refractivity contribution in [2.45, 2.75) is 26.4 Å². The van der Waals surface area contributed by atoms with Crippen LogP contribution in [0.15, 0.2) is 18.2 Å². The molecule has 0 saturated heterocycles. The summed E-state index contributed by atoms with van der Waals surface area (Å²) < 4.78 is 13.0. The Labute approximate surface area is 94.0 Å². The van der Waals surface area contributed by atoms with Crippen LogP contribution in [0.25, 0.3) is 0 Å². The fraction of sp³-hybridized carbons (Fsp3) is 0.417. The van der Waals surface area contributed by atoms with E-state index in [0.717, 1.165) is 5.56 Å². The molecule has 0 saturated carbocycles. The highest BCUT2D eigenvalue weighted by molar-refractivity contribution is 5.96. The molecule has 1 aromatic rings. The standard InChI is InChI=1S/C12H15FN2O/c1-7(2)11-12(16)15-10-4-3-9(13)5-8(10)6-14-11/h3-5,7,11,14H,6H2,1-2H3,(H,15,16). The maximum atomic E-state index is 13.0. The molecule has 1 heterocycles. The smallest absolute Gasteiger partial charge is 0.241 e. The van der Waals surface area contributed by atoms with Crippen LogP contribution in [0.1, 0.15) is 19.4 Å². The Morgan fingerprint density at radius 1 is 1.44 bits per heavy atom. The zero-order valence-corrected chi connectivity index (χ0v) is 9.38. The van der Waals surface area contributed by atoms with Gasteiger partial charge in [-0.2, -0.15) is 0 Å². The predicted octanol–water partition coefficient (Wildman–Crippen LogP) is 1.89. The van der Waals surface area contributed by atoms with Gasteiger partial charge in [0.05, 0.1) is 6.04 Å². The van der Waals surface area contributed by atoms with Crippen LogP contribution in [-0.4, -0.2) is 11.9 Å². The lowest BCUT2D eigenvalue weighted by Crippen LogP contribution is -2.41. The van der Waals surface area contributed by atoms with Crippen LogP contribution < -0.4 is 10.6 Å². The summed E-state index contributed by atoms with van der Waals surface area (Å²) >= 11 is 0. The first kappa shape index (κ1) is 11.1. The Morgan fingerprint density at radius 3 is 2.88 bits per heavy atom. The summed E-state index contributed by atoms with van der Waals surface area (Å²) in [7, 11) is 0. The average molecular weight is 222 g/mol. The van der Waals surface area contributed by atoms with Crippen molar-refractivity contribution in [3.05, 3.63) is 29.6 Å². The lowest BCUT2D eigenvalue weighted by molar-refractivity contribution is -0.119. The second-order valence-corrected chi connectivity index (χ2v) is 4.39. The van der Waals surface area contributed by atoms with Crippen LogP contribution in [-0.2, 0) is 11.3 Å². The van der Waals surface area contributed by atoms with Crippen LogP contribution in [0.4, 0.5) is 10.1 Å². The Hall–Kier alpha value is -1.42. The third-order valence-corrected chi connectivity index (χ3v) is 2.79. The van der Waals surface area contributed by atoms with E-state index in [-0.39, 0.29) is 23.7 Å². The molecule has 86 valence electrons. The molecule has 0 spiro atoms. The number of halogens is 1. The molecule has 1 atom stereocenters. The normalized spacial score (nSPS) is 20.2. The minimum atomic E-state index is -0.280. The molecule has 1 amide bonds. The number of fused-ring (bicyclic) bond motifs is 1. The molecule has 2 N–H and O–H groups in total. The highest BCUT2D eigenvalue weighted by Gasteiger charge is 2.25. The first-order valence-corrected chi connectivity index (χ1v) is 5.40. The van der Waals surface area contributed by atoms with Gasteiger partial charge < -0.3 is 10.6 Å². The molecule has 2 rings (SSSR count). The van der Waals surface area contributed by atoms with E-state index in [1.165, 1.54) is 12.1 Å². The van der Waals surface area contributed by atoms with E-state index >= 15 is 0 Å². The summed E-state index contributed by atoms with van der Waals surface area (Å²) in [6.07, 6.45) is 0. The zero-order valence-electron chi connectivity index (χ0n) is 9.38. The quantitative estimate of drug-likeness (QED) is 0.762. The number of benzene rings is 1. The second kappa shape index (κ2) is 4.22. The van der Waals surface area contributed by atoms with Crippen molar-refractivity contribution in [1.29, 1.82) is 0 Å². The molecule has 16 heavy (non-hydrogen) atoms. The predicted molar refractivity (Wildman–Crippen MR) is 60.5 cm³/mol. The summed E-state index contributed by atoms with van der Waals surface area (Å²) in [6, 6.07) is 4.18. The second-order valence-electron chi connectivity index (χ2n) is 4.39. The highest BCUT2D eigenvalue weighted by Crippen LogP contribution is 2.21. The number of hydrogen-bond acceptors (Lipinski definition) is 2. The largest absolute Gasteiger partial charge is 0.324 e. The Morgan fingerprint density at radius 2 is 2.19 bits per heavy atom. The fourth-order valence-corrected chi connectivity index (χ4v) is 1.89. The van der Waals surface area contributed by atoms with Crippen molar-refractivity contribution >= 4 is 11.6 Å². The van der Waals surface area contributed by atoms with Crippen molar-refractivity contribution in [3.8, 4) is 0 Å². The van der Waals surface area contributed by atoms with E-state index in [1.807, 2.05) is 13.8 Å².